The average molecular weight is 612 g/mol. The number of anilines is 1. The molecule has 0 aliphatic carbocycles. The highest BCUT2D eigenvalue weighted by molar-refractivity contribution is 9.10. The number of aryl methyl sites for hydroxylation is 1. The van der Waals surface area contributed by atoms with Gasteiger partial charge in [0.1, 0.15) is 5.01 Å². The van der Waals surface area contributed by atoms with E-state index in [1.165, 1.54) is 23.5 Å². The molecular weight excluding hydrogens is 595 g/mol. The molecule has 4 rings (SSSR count). The number of carbonyl (C=O) groups excluding carboxylic acids is 2. The summed E-state index contributed by atoms with van der Waals surface area (Å²) in [5, 5.41) is 22.5. The number of hydrogen-bond acceptors (Lipinski definition) is 8. The van der Waals surface area contributed by atoms with Gasteiger partial charge in [-0.15, -0.1) is 20.4 Å². The molecule has 0 fully saturated rings. The van der Waals surface area contributed by atoms with Gasteiger partial charge in [-0.3, -0.25) is 19.5 Å². The van der Waals surface area contributed by atoms with Gasteiger partial charge in [0.25, 0.3) is 5.91 Å². The molecule has 15 heteroatoms. The second kappa shape index (κ2) is 11.4. The number of hydrogen-bond donors (Lipinski definition) is 2. The number of halogens is 4. The van der Waals surface area contributed by atoms with Crippen molar-refractivity contribution in [3.05, 3.63) is 75.0 Å². The number of thioether (sulfide) groups is 1. The summed E-state index contributed by atoms with van der Waals surface area (Å²) in [5.74, 6) is -0.981. The van der Waals surface area contributed by atoms with Crippen LogP contribution in [0.25, 0.3) is 5.69 Å². The van der Waals surface area contributed by atoms with Crippen LogP contribution in [0.5, 0.6) is 0 Å². The summed E-state index contributed by atoms with van der Waals surface area (Å²) in [7, 11) is 0. The summed E-state index contributed by atoms with van der Waals surface area (Å²) in [4.78, 5) is 25.0. The van der Waals surface area contributed by atoms with Crippen molar-refractivity contribution in [3.63, 3.8) is 0 Å². The lowest BCUT2D eigenvalue weighted by Gasteiger charge is -2.13. The van der Waals surface area contributed by atoms with E-state index in [2.05, 4.69) is 47.0 Å². The summed E-state index contributed by atoms with van der Waals surface area (Å²) in [6, 6.07) is 11.6. The molecule has 2 aromatic carbocycles. The van der Waals surface area contributed by atoms with Crippen molar-refractivity contribution in [2.24, 2.45) is 0 Å². The van der Waals surface area contributed by atoms with Gasteiger partial charge in [0.2, 0.25) is 11.0 Å². The Hall–Kier alpha value is -3.30. The van der Waals surface area contributed by atoms with Crippen molar-refractivity contribution >= 4 is 56.0 Å². The van der Waals surface area contributed by atoms with Gasteiger partial charge in [-0.25, -0.2) is 0 Å². The first-order valence-corrected chi connectivity index (χ1v) is 13.1. The van der Waals surface area contributed by atoms with Crippen LogP contribution in [-0.2, 0) is 17.5 Å². The van der Waals surface area contributed by atoms with Gasteiger partial charge >= 0.3 is 6.18 Å². The monoisotopic (exact) mass is 611 g/mol. The Kier molecular flexibility index (Phi) is 8.24. The molecule has 2 N–H and O–H groups in total. The number of rotatable bonds is 8. The number of carbonyl (C=O) groups is 2. The lowest BCUT2D eigenvalue weighted by Crippen LogP contribution is -2.27. The second-order valence-electron chi connectivity index (χ2n) is 7.40. The predicted octanol–water partition coefficient (Wildman–Crippen LogP) is 4.87. The van der Waals surface area contributed by atoms with Crippen LogP contribution >= 0.6 is 39.0 Å². The Morgan fingerprint density at radius 3 is 2.46 bits per heavy atom. The Morgan fingerprint density at radius 1 is 1.05 bits per heavy atom. The zero-order chi connectivity index (χ0) is 26.6. The third-order valence-corrected chi connectivity index (χ3v) is 6.99. The number of nitrogens with zero attached hydrogens (tertiary/aromatic N) is 5. The fourth-order valence-corrected chi connectivity index (χ4v) is 4.82. The molecule has 0 aliphatic heterocycles. The van der Waals surface area contributed by atoms with E-state index in [4.69, 9.17) is 0 Å². The minimum atomic E-state index is -4.68. The normalized spacial score (nSPS) is 11.4. The summed E-state index contributed by atoms with van der Waals surface area (Å²) in [5.41, 5.74) is -0.895. The lowest BCUT2D eigenvalue weighted by molar-refractivity contribution is -0.138. The van der Waals surface area contributed by atoms with E-state index < -0.39 is 23.2 Å². The Bertz CT molecular complexity index is 1420. The number of alkyl halides is 3. The molecular formula is C22H17BrF3N7O2S2. The number of nitrogens with one attached hydrogen (secondary N) is 2. The fourth-order valence-electron chi connectivity index (χ4n) is 3.17. The SMILES string of the molecule is Cc1nnc(NC(=O)CSc2nnc(CNC(=O)c3ccccc3C(F)(F)F)n2-c2ccc(Br)cc2)s1. The minimum absolute atomic E-state index is 0.0153. The van der Waals surface area contributed by atoms with Crippen molar-refractivity contribution < 1.29 is 22.8 Å². The molecule has 0 unspecified atom stereocenters. The maximum Gasteiger partial charge on any atom is 0.417 e. The van der Waals surface area contributed by atoms with E-state index in [0.717, 1.165) is 28.4 Å². The van der Waals surface area contributed by atoms with E-state index in [1.807, 2.05) is 0 Å². The van der Waals surface area contributed by atoms with Crippen molar-refractivity contribution in [2.45, 2.75) is 24.8 Å². The van der Waals surface area contributed by atoms with E-state index >= 15 is 0 Å². The molecule has 4 aromatic rings. The first-order chi connectivity index (χ1) is 17.6. The van der Waals surface area contributed by atoms with E-state index in [1.54, 1.807) is 35.8 Å². The third-order valence-electron chi connectivity index (χ3n) is 4.77. The van der Waals surface area contributed by atoms with Crippen molar-refractivity contribution in [1.82, 2.24) is 30.3 Å². The van der Waals surface area contributed by atoms with Crippen LogP contribution in [-0.4, -0.2) is 42.5 Å². The first-order valence-electron chi connectivity index (χ1n) is 10.5. The summed E-state index contributed by atoms with van der Waals surface area (Å²) in [6.07, 6.45) is -4.68. The van der Waals surface area contributed by atoms with Crippen LogP contribution < -0.4 is 10.6 Å². The maximum absolute atomic E-state index is 13.3. The van der Waals surface area contributed by atoms with Crippen LogP contribution in [0.4, 0.5) is 18.3 Å². The lowest BCUT2D eigenvalue weighted by atomic mass is 10.1. The molecule has 0 spiro atoms. The number of benzene rings is 2. The van der Waals surface area contributed by atoms with Crippen LogP contribution in [0.1, 0.15) is 26.8 Å². The molecule has 0 saturated heterocycles. The van der Waals surface area contributed by atoms with Crippen LogP contribution in [0, 0.1) is 6.92 Å². The molecule has 0 aliphatic rings. The van der Waals surface area contributed by atoms with Gasteiger partial charge in [0, 0.05) is 10.2 Å². The molecule has 2 heterocycles. The molecule has 0 bridgehead atoms. The molecule has 0 saturated carbocycles. The van der Waals surface area contributed by atoms with Gasteiger partial charge in [0.05, 0.1) is 23.4 Å². The quantitative estimate of drug-likeness (QED) is 0.273. The van der Waals surface area contributed by atoms with E-state index in [9.17, 15) is 22.8 Å². The molecule has 0 radical (unpaired) electrons. The standard InChI is InChI=1S/C22H17BrF3N7O2S2/c1-12-29-31-20(37-12)28-18(34)11-36-21-32-30-17(33(21)14-8-6-13(23)7-9-14)10-27-19(35)15-4-2-3-5-16(15)22(24,25)26/h2-9H,10-11H2,1H3,(H,27,35)(H,28,31,34). The smallest absolute Gasteiger partial charge is 0.345 e. The molecule has 2 aromatic heterocycles. The van der Waals surface area contributed by atoms with Crippen molar-refractivity contribution in [2.75, 3.05) is 11.1 Å². The summed E-state index contributed by atoms with van der Waals surface area (Å²) < 4.78 is 42.4. The van der Waals surface area contributed by atoms with Crippen molar-refractivity contribution in [1.29, 1.82) is 0 Å². The van der Waals surface area contributed by atoms with Crippen LogP contribution in [0.15, 0.2) is 58.2 Å². The fraction of sp³-hybridized carbons (Fsp3) is 0.182. The highest BCUT2D eigenvalue weighted by Gasteiger charge is 2.34. The molecule has 37 heavy (non-hydrogen) atoms. The molecule has 0 atom stereocenters. The zero-order valence-electron chi connectivity index (χ0n) is 18.9. The predicted molar refractivity (Wildman–Crippen MR) is 136 cm³/mol. The Balaban J connectivity index is 1.53. The molecule has 192 valence electrons. The van der Waals surface area contributed by atoms with E-state index in [-0.39, 0.29) is 24.0 Å². The van der Waals surface area contributed by atoms with E-state index in [0.29, 0.717) is 21.0 Å². The second-order valence-corrected chi connectivity index (χ2v) is 10.4. The maximum atomic E-state index is 13.3. The van der Waals surface area contributed by atoms with Crippen LogP contribution in [0.3, 0.4) is 0 Å². The summed E-state index contributed by atoms with van der Waals surface area (Å²) >= 11 is 5.71. The van der Waals surface area contributed by atoms with Gasteiger partial charge < -0.3 is 5.32 Å². The number of amides is 2. The zero-order valence-corrected chi connectivity index (χ0v) is 22.1. The molecule has 9 nitrogen and oxygen atoms in total. The van der Waals surface area contributed by atoms with Gasteiger partial charge in [-0.2, -0.15) is 13.2 Å². The first kappa shape index (κ1) is 26.8. The largest absolute Gasteiger partial charge is 0.417 e. The molecule has 2 amide bonds. The highest BCUT2D eigenvalue weighted by Crippen LogP contribution is 2.32. The van der Waals surface area contributed by atoms with Gasteiger partial charge in [-0.05, 0) is 43.3 Å². The van der Waals surface area contributed by atoms with Gasteiger partial charge in [0.15, 0.2) is 11.0 Å². The van der Waals surface area contributed by atoms with Crippen molar-refractivity contribution in [3.8, 4) is 5.69 Å². The Morgan fingerprint density at radius 2 is 1.78 bits per heavy atom. The Labute approximate surface area is 225 Å². The highest BCUT2D eigenvalue weighted by atomic mass is 79.9. The summed E-state index contributed by atoms with van der Waals surface area (Å²) in [6.45, 7) is 1.57. The average Bonchev–Trinajstić information content (AvgIpc) is 3.46. The van der Waals surface area contributed by atoms with Crippen LogP contribution in [0.2, 0.25) is 0 Å². The number of aromatic nitrogens is 5. The topological polar surface area (TPSA) is 115 Å². The minimum Gasteiger partial charge on any atom is -0.345 e. The van der Waals surface area contributed by atoms with Gasteiger partial charge in [-0.1, -0.05) is 51.2 Å². The third kappa shape index (κ3) is 6.72.